The molecule has 0 aromatic carbocycles. The van der Waals surface area contributed by atoms with E-state index in [0.29, 0.717) is 0 Å². The summed E-state index contributed by atoms with van der Waals surface area (Å²) in [5, 5.41) is 21.0. The molecule has 0 radical (unpaired) electrons. The smallest absolute Gasteiger partial charge is 0.313 e. The van der Waals surface area contributed by atoms with Crippen LogP contribution in [0, 0.1) is 0 Å². The highest BCUT2D eigenvalue weighted by atomic mass is 31.2. The number of aliphatic hydroxyl groups is 2. The second-order valence-corrected chi connectivity index (χ2v) is 9.00. The Bertz CT molecular complexity index is 1190. The van der Waals surface area contributed by atoms with E-state index in [1.54, 1.807) is 26.0 Å². The van der Waals surface area contributed by atoms with Crippen LogP contribution >= 0.6 is 7.75 Å². The average Bonchev–Trinajstić information content (AvgIpc) is 3.42. The normalized spacial score (nSPS) is 25.7. The highest BCUT2D eigenvalue weighted by Crippen LogP contribution is 2.39. The van der Waals surface area contributed by atoms with Crippen LogP contribution in [-0.4, -0.2) is 73.1 Å². The lowest BCUT2D eigenvalue weighted by atomic mass is 10.1. The average molecular weight is 455 g/mol. The van der Waals surface area contributed by atoms with Gasteiger partial charge >= 0.3 is 5.65 Å². The molecule has 15 heteroatoms. The van der Waals surface area contributed by atoms with Gasteiger partial charge in [0.2, 0.25) is 19.5 Å². The Morgan fingerprint density at radius 1 is 1.42 bits per heavy atom. The maximum atomic E-state index is 12.5. The number of anilines is 1. The Labute approximate surface area is 175 Å². The number of rotatable bonds is 6. The first-order chi connectivity index (χ1) is 14.6. The second kappa shape index (κ2) is 7.82. The summed E-state index contributed by atoms with van der Waals surface area (Å²) >= 11 is 0. The number of nitrogens with one attached hydrogen (secondary N) is 1. The molecule has 0 amide bonds. The third-order valence-electron chi connectivity index (χ3n) is 4.97. The number of nitrogens with zero attached hydrogens (tertiary/aromatic N) is 6. The highest BCUT2D eigenvalue weighted by Gasteiger charge is 2.47. The number of hydrogen-bond acceptors (Lipinski definition) is 10. The number of aryl methyl sites for hydroxylation is 1. The summed E-state index contributed by atoms with van der Waals surface area (Å²) in [5.41, 5.74) is 0.0657. The predicted molar refractivity (Wildman–Crippen MR) is 103 cm³/mol. The Balaban J connectivity index is 1.62. The summed E-state index contributed by atoms with van der Waals surface area (Å²) in [6, 6.07) is 0. The molecule has 1 unspecified atom stereocenters. The summed E-state index contributed by atoms with van der Waals surface area (Å²) in [7, 11) is 0.548. The molecule has 3 aromatic heterocycles. The maximum Gasteiger partial charge on any atom is 0.313 e. The van der Waals surface area contributed by atoms with Crippen LogP contribution < -0.4 is 19.9 Å². The largest absolute Gasteiger partial charge is 0.761 e. The molecule has 168 valence electrons. The molecule has 5 atom stereocenters. The number of aliphatic hydroxyl groups excluding tert-OH is 2. The van der Waals surface area contributed by atoms with Crippen LogP contribution in [0.25, 0.3) is 11.2 Å². The van der Waals surface area contributed by atoms with Crippen LogP contribution in [0.1, 0.15) is 6.23 Å². The lowest BCUT2D eigenvalue weighted by molar-refractivity contribution is -0.745. The summed E-state index contributed by atoms with van der Waals surface area (Å²) in [6.07, 6.45) is -0.0928. The number of H-pyrrole nitrogens is 1. The zero-order valence-corrected chi connectivity index (χ0v) is 17.8. The maximum absolute atomic E-state index is 12.5. The van der Waals surface area contributed by atoms with Crippen molar-refractivity contribution in [1.82, 2.24) is 23.9 Å². The lowest BCUT2D eigenvalue weighted by Gasteiger charge is -2.25. The quantitative estimate of drug-likeness (QED) is 0.265. The monoisotopic (exact) mass is 455 g/mol. The van der Waals surface area contributed by atoms with E-state index in [-0.39, 0.29) is 17.1 Å². The minimum absolute atomic E-state index is 0.223. The number of ether oxygens (including phenoxy) is 1. The summed E-state index contributed by atoms with van der Waals surface area (Å²) in [4.78, 5) is 37.0. The Kier molecular flexibility index (Phi) is 5.45. The van der Waals surface area contributed by atoms with Crippen molar-refractivity contribution in [2.75, 3.05) is 25.6 Å². The molecule has 1 saturated heterocycles. The van der Waals surface area contributed by atoms with E-state index >= 15 is 0 Å². The molecule has 0 saturated carbocycles. The third-order valence-corrected chi connectivity index (χ3v) is 6.25. The summed E-state index contributed by atoms with van der Waals surface area (Å²) < 4.78 is 26.6. The zero-order chi connectivity index (χ0) is 22.5. The van der Waals surface area contributed by atoms with E-state index < -0.39 is 44.5 Å². The SMILES string of the molecule is CN(C)c1nc2c(c(=O)[nH]1)n(C)c[n+]2[C@@H]1O[C@H](COP(=O)([O-])n2ccnc2)[C@@H](O)[C@H]1O. The van der Waals surface area contributed by atoms with Gasteiger partial charge in [0.25, 0.3) is 11.5 Å². The van der Waals surface area contributed by atoms with Crippen molar-refractivity contribution in [3.8, 4) is 0 Å². The van der Waals surface area contributed by atoms with Crippen LogP contribution in [0.5, 0.6) is 0 Å². The topological polar surface area (TPSA) is 175 Å². The van der Waals surface area contributed by atoms with Gasteiger partial charge in [0.05, 0.1) is 13.7 Å². The molecule has 4 rings (SSSR count). The molecular weight excluding hydrogens is 433 g/mol. The molecule has 0 aliphatic carbocycles. The first kappa shape index (κ1) is 21.6. The van der Waals surface area contributed by atoms with Crippen LogP contribution in [0.3, 0.4) is 0 Å². The minimum Gasteiger partial charge on any atom is -0.761 e. The van der Waals surface area contributed by atoms with Gasteiger partial charge in [0.1, 0.15) is 24.6 Å². The van der Waals surface area contributed by atoms with Gasteiger partial charge in [-0.15, -0.1) is 0 Å². The van der Waals surface area contributed by atoms with Gasteiger partial charge in [0, 0.05) is 26.5 Å². The number of fused-ring (bicyclic) bond motifs is 1. The predicted octanol–water partition coefficient (Wildman–Crippen LogP) is -2.54. The summed E-state index contributed by atoms with van der Waals surface area (Å²) in [6.45, 7) is -0.532. The van der Waals surface area contributed by atoms with E-state index in [9.17, 15) is 24.5 Å². The van der Waals surface area contributed by atoms with Gasteiger partial charge in [-0.25, -0.2) is 9.55 Å². The fourth-order valence-corrected chi connectivity index (χ4v) is 4.24. The standard InChI is InChI=1S/C16H22N7O7P/c1-20(2)16-18-13-10(14(26)19-16)21(3)8-23(13)15-12(25)11(24)9(30-15)6-29-31(27,28)22-5-4-17-7-22/h4-5,7-9,11-12,15,24-25H,6H2,1-3H3,(H-,18,19,26,27,28)/t9-,11-,12-,15-/m1/s1. The Hall–Kier alpha value is -2.61. The van der Waals surface area contributed by atoms with E-state index in [1.807, 2.05) is 0 Å². The van der Waals surface area contributed by atoms with Crippen LogP contribution in [-0.2, 0) is 20.9 Å². The summed E-state index contributed by atoms with van der Waals surface area (Å²) in [5.74, 6) is 0.290. The molecule has 3 N–H and O–H groups in total. The van der Waals surface area contributed by atoms with Gasteiger partial charge in [-0.3, -0.25) is 23.2 Å². The van der Waals surface area contributed by atoms with Crippen molar-refractivity contribution in [1.29, 1.82) is 0 Å². The van der Waals surface area contributed by atoms with Gasteiger partial charge < -0.3 is 29.3 Å². The van der Waals surface area contributed by atoms with E-state index in [1.165, 1.54) is 27.9 Å². The van der Waals surface area contributed by atoms with Crippen molar-refractivity contribution < 1.29 is 33.5 Å². The third kappa shape index (κ3) is 3.78. The van der Waals surface area contributed by atoms with Crippen molar-refractivity contribution in [2.45, 2.75) is 24.5 Å². The van der Waals surface area contributed by atoms with E-state index in [2.05, 4.69) is 15.0 Å². The zero-order valence-electron chi connectivity index (χ0n) is 16.9. The fourth-order valence-electron chi connectivity index (χ4n) is 3.37. The second-order valence-electron chi connectivity index (χ2n) is 7.34. The first-order valence-electron chi connectivity index (χ1n) is 9.24. The number of hydrogen-bond donors (Lipinski definition) is 3. The van der Waals surface area contributed by atoms with Gasteiger partial charge in [-0.1, -0.05) is 4.98 Å². The molecule has 1 aliphatic heterocycles. The number of aromatic nitrogens is 6. The highest BCUT2D eigenvalue weighted by molar-refractivity contribution is 7.49. The van der Waals surface area contributed by atoms with Gasteiger partial charge in [0.15, 0.2) is 6.33 Å². The number of imidazole rings is 2. The molecule has 0 bridgehead atoms. The molecular formula is C16H22N7O7P. The lowest BCUT2D eigenvalue weighted by Crippen LogP contribution is -2.46. The van der Waals surface area contributed by atoms with Gasteiger partial charge in [-0.05, 0) is 0 Å². The molecule has 3 aromatic rings. The van der Waals surface area contributed by atoms with Crippen molar-refractivity contribution in [3.63, 3.8) is 0 Å². The van der Waals surface area contributed by atoms with Crippen LogP contribution in [0.2, 0.25) is 0 Å². The fraction of sp³-hybridized carbons (Fsp3) is 0.500. The molecule has 0 spiro atoms. The van der Waals surface area contributed by atoms with Gasteiger partial charge in [-0.2, -0.15) is 0 Å². The van der Waals surface area contributed by atoms with E-state index in [0.717, 1.165) is 10.7 Å². The van der Waals surface area contributed by atoms with E-state index in [4.69, 9.17) is 9.26 Å². The minimum atomic E-state index is -4.49. The first-order valence-corrected chi connectivity index (χ1v) is 10.7. The molecule has 1 fully saturated rings. The van der Waals surface area contributed by atoms with Crippen molar-refractivity contribution in [3.05, 3.63) is 35.4 Å². The molecule has 4 heterocycles. The Morgan fingerprint density at radius 2 is 2.16 bits per heavy atom. The van der Waals surface area contributed by atoms with Crippen LogP contribution in [0.4, 0.5) is 5.95 Å². The van der Waals surface area contributed by atoms with Crippen molar-refractivity contribution in [2.24, 2.45) is 7.05 Å². The molecule has 31 heavy (non-hydrogen) atoms. The number of aromatic amines is 1. The molecule has 1 aliphatic rings. The van der Waals surface area contributed by atoms with Crippen LogP contribution in [0.15, 0.2) is 29.8 Å². The molecule has 14 nitrogen and oxygen atoms in total. The Morgan fingerprint density at radius 3 is 2.81 bits per heavy atom. The van der Waals surface area contributed by atoms with Crippen molar-refractivity contribution >= 4 is 24.9 Å².